The van der Waals surface area contributed by atoms with Gasteiger partial charge in [-0.15, -0.1) is 0 Å². The Morgan fingerprint density at radius 3 is 2.88 bits per heavy atom. The Kier molecular flexibility index (Phi) is 5.43. The van der Waals surface area contributed by atoms with E-state index in [4.69, 9.17) is 4.74 Å². The summed E-state index contributed by atoms with van der Waals surface area (Å²) in [5, 5.41) is 10.3. The highest BCUT2D eigenvalue weighted by molar-refractivity contribution is 5.35. The highest BCUT2D eigenvalue weighted by Crippen LogP contribution is 2.21. The Bertz CT molecular complexity index is 663. The van der Waals surface area contributed by atoms with Crippen LogP contribution in [0.1, 0.15) is 16.8 Å². The van der Waals surface area contributed by atoms with Gasteiger partial charge in [-0.25, -0.2) is 0 Å². The first-order valence-corrected chi connectivity index (χ1v) is 8.47. The van der Waals surface area contributed by atoms with Crippen LogP contribution in [0, 0.1) is 19.8 Å². The van der Waals surface area contributed by atoms with E-state index in [2.05, 4.69) is 40.8 Å². The molecule has 0 radical (unpaired) electrons. The molecule has 24 heavy (non-hydrogen) atoms. The molecule has 1 saturated heterocycles. The fourth-order valence-corrected chi connectivity index (χ4v) is 3.27. The molecule has 1 fully saturated rings. The molecule has 0 aliphatic carbocycles. The Labute approximate surface area is 143 Å². The number of likely N-dealkylation sites (tertiary alicyclic amines) is 1. The number of ether oxygens (including phenoxy) is 1. The minimum atomic E-state index is -0.312. The lowest BCUT2D eigenvalue weighted by molar-refractivity contribution is 0.139. The molecular weight excluding hydrogens is 302 g/mol. The lowest BCUT2D eigenvalue weighted by atomic mass is 10.0. The van der Waals surface area contributed by atoms with Crippen molar-refractivity contribution in [2.24, 2.45) is 5.92 Å². The summed E-state index contributed by atoms with van der Waals surface area (Å²) >= 11 is 0. The summed E-state index contributed by atoms with van der Waals surface area (Å²) < 4.78 is 5.90. The lowest BCUT2D eigenvalue weighted by Crippen LogP contribution is -2.27. The quantitative estimate of drug-likeness (QED) is 0.879. The number of aliphatic hydroxyl groups is 1. The maximum Gasteiger partial charge on any atom is 0.122 e. The largest absolute Gasteiger partial charge is 0.492 e. The van der Waals surface area contributed by atoms with E-state index >= 15 is 0 Å². The Morgan fingerprint density at radius 1 is 1.25 bits per heavy atom. The van der Waals surface area contributed by atoms with Crippen molar-refractivity contribution in [2.45, 2.75) is 26.4 Å². The molecule has 1 aliphatic heterocycles. The van der Waals surface area contributed by atoms with Crippen molar-refractivity contribution in [3.63, 3.8) is 0 Å². The van der Waals surface area contributed by atoms with E-state index in [-0.39, 0.29) is 12.0 Å². The molecule has 5 heteroatoms. The first-order valence-electron chi connectivity index (χ1n) is 8.47. The van der Waals surface area contributed by atoms with Gasteiger partial charge in [0, 0.05) is 44.1 Å². The number of aromatic nitrogens is 2. The van der Waals surface area contributed by atoms with Crippen molar-refractivity contribution in [2.75, 3.05) is 26.2 Å². The summed E-state index contributed by atoms with van der Waals surface area (Å²) in [4.78, 5) is 10.7. The number of nitrogens with zero attached hydrogens (tertiary/aromatic N) is 3. The predicted molar refractivity (Wildman–Crippen MR) is 93.1 cm³/mol. The van der Waals surface area contributed by atoms with Gasteiger partial charge in [-0.3, -0.25) is 14.9 Å². The van der Waals surface area contributed by atoms with Crippen LogP contribution in [-0.2, 0) is 6.42 Å². The van der Waals surface area contributed by atoms with Crippen molar-refractivity contribution < 1.29 is 9.84 Å². The maximum absolute atomic E-state index is 10.3. The normalized spacial score (nSPS) is 21.1. The molecule has 0 spiro atoms. The molecule has 0 unspecified atom stereocenters. The van der Waals surface area contributed by atoms with Gasteiger partial charge in [0.25, 0.3) is 0 Å². The van der Waals surface area contributed by atoms with Crippen molar-refractivity contribution >= 4 is 0 Å². The second-order valence-electron chi connectivity index (χ2n) is 6.61. The third-order valence-corrected chi connectivity index (χ3v) is 4.57. The van der Waals surface area contributed by atoms with Gasteiger partial charge in [-0.05, 0) is 31.9 Å². The zero-order chi connectivity index (χ0) is 16.9. The fourth-order valence-electron chi connectivity index (χ4n) is 3.27. The van der Waals surface area contributed by atoms with Gasteiger partial charge < -0.3 is 9.84 Å². The third kappa shape index (κ3) is 4.30. The minimum Gasteiger partial charge on any atom is -0.492 e. The van der Waals surface area contributed by atoms with Gasteiger partial charge in [-0.1, -0.05) is 17.7 Å². The first-order chi connectivity index (χ1) is 11.6. The molecule has 1 aromatic carbocycles. The molecule has 0 bridgehead atoms. The Balaban J connectivity index is 1.47. The molecule has 1 N–H and O–H groups in total. The number of aliphatic hydroxyl groups excluding tert-OH is 1. The number of rotatable bonds is 6. The van der Waals surface area contributed by atoms with Crippen LogP contribution in [0.5, 0.6) is 5.75 Å². The molecule has 0 saturated carbocycles. The Morgan fingerprint density at radius 2 is 2.12 bits per heavy atom. The van der Waals surface area contributed by atoms with Crippen LogP contribution in [0.3, 0.4) is 0 Å². The molecule has 5 nitrogen and oxygen atoms in total. The van der Waals surface area contributed by atoms with E-state index < -0.39 is 0 Å². The second kappa shape index (κ2) is 7.73. The summed E-state index contributed by atoms with van der Waals surface area (Å²) in [5.41, 5.74) is 3.35. The van der Waals surface area contributed by atoms with E-state index in [0.29, 0.717) is 13.2 Å². The summed E-state index contributed by atoms with van der Waals surface area (Å²) in [7, 11) is 0. The molecule has 0 amide bonds. The van der Waals surface area contributed by atoms with Gasteiger partial charge in [0.2, 0.25) is 0 Å². The third-order valence-electron chi connectivity index (χ3n) is 4.57. The molecule has 128 valence electrons. The average molecular weight is 327 g/mol. The number of aryl methyl sites for hydroxylation is 2. The molecule has 1 aliphatic rings. The zero-order valence-corrected chi connectivity index (χ0v) is 14.4. The van der Waals surface area contributed by atoms with Crippen molar-refractivity contribution in [1.82, 2.24) is 14.9 Å². The van der Waals surface area contributed by atoms with Gasteiger partial charge in [0.1, 0.15) is 12.4 Å². The monoisotopic (exact) mass is 327 g/mol. The highest BCUT2D eigenvalue weighted by atomic mass is 16.5. The van der Waals surface area contributed by atoms with E-state index in [1.807, 2.05) is 6.07 Å². The Hall–Kier alpha value is -1.98. The highest BCUT2D eigenvalue weighted by Gasteiger charge is 2.31. The van der Waals surface area contributed by atoms with Gasteiger partial charge >= 0.3 is 0 Å². The van der Waals surface area contributed by atoms with E-state index in [9.17, 15) is 5.11 Å². The summed E-state index contributed by atoms with van der Waals surface area (Å²) in [6.45, 7) is 7.17. The number of β-amino-alcohol motifs (C(OH)–C–C–N with tert-alkyl or cyclic N) is 1. The van der Waals surface area contributed by atoms with Crippen LogP contribution in [0.25, 0.3) is 0 Å². The van der Waals surface area contributed by atoms with E-state index in [1.165, 1.54) is 5.56 Å². The van der Waals surface area contributed by atoms with Gasteiger partial charge in [0.15, 0.2) is 0 Å². The molecule has 1 aromatic heterocycles. The number of hydrogen-bond donors (Lipinski definition) is 1. The van der Waals surface area contributed by atoms with Crippen LogP contribution in [0.4, 0.5) is 0 Å². The maximum atomic E-state index is 10.3. The van der Waals surface area contributed by atoms with Crippen LogP contribution in [0.15, 0.2) is 36.8 Å². The van der Waals surface area contributed by atoms with Gasteiger partial charge in [-0.2, -0.15) is 0 Å². The molecular formula is C19H25N3O2. The first kappa shape index (κ1) is 16.9. The van der Waals surface area contributed by atoms with Crippen molar-refractivity contribution in [3.8, 4) is 5.75 Å². The summed E-state index contributed by atoms with van der Waals surface area (Å²) in [6, 6.07) is 6.23. The minimum absolute atomic E-state index is 0.211. The van der Waals surface area contributed by atoms with Crippen LogP contribution in [-0.4, -0.2) is 52.3 Å². The molecule has 2 aromatic rings. The standard InChI is InChI=1S/C19H25N3O2/c1-14-3-4-19(15(2)9-14)24-8-7-22-12-16(18(23)13-22)10-17-11-20-5-6-21-17/h3-6,9,11,16,18,23H,7-8,10,12-13H2,1-2H3/t16-,18-/m1/s1. The second-order valence-corrected chi connectivity index (χ2v) is 6.61. The smallest absolute Gasteiger partial charge is 0.122 e. The van der Waals surface area contributed by atoms with E-state index in [1.54, 1.807) is 18.6 Å². The number of benzene rings is 1. The molecule has 2 heterocycles. The fraction of sp³-hybridized carbons (Fsp3) is 0.474. The summed E-state index contributed by atoms with van der Waals surface area (Å²) in [5.74, 6) is 1.15. The molecule has 3 rings (SSSR count). The van der Waals surface area contributed by atoms with Crippen LogP contribution in [0.2, 0.25) is 0 Å². The van der Waals surface area contributed by atoms with E-state index in [0.717, 1.165) is 36.5 Å². The number of hydrogen-bond acceptors (Lipinski definition) is 5. The van der Waals surface area contributed by atoms with Crippen molar-refractivity contribution in [1.29, 1.82) is 0 Å². The average Bonchev–Trinajstić information content (AvgIpc) is 2.90. The predicted octanol–water partition coefficient (Wildman–Crippen LogP) is 2.01. The lowest BCUT2D eigenvalue weighted by Gasteiger charge is -2.16. The SMILES string of the molecule is Cc1ccc(OCCN2C[C@@H](Cc3cnccn3)[C@H](O)C2)c(C)c1. The topological polar surface area (TPSA) is 58.5 Å². The van der Waals surface area contributed by atoms with Crippen LogP contribution < -0.4 is 4.74 Å². The summed E-state index contributed by atoms with van der Waals surface area (Å²) in [6.07, 6.45) is 5.60. The molecule has 2 atom stereocenters. The van der Waals surface area contributed by atoms with Gasteiger partial charge in [0.05, 0.1) is 11.8 Å². The van der Waals surface area contributed by atoms with Crippen molar-refractivity contribution in [3.05, 3.63) is 53.6 Å². The van der Waals surface area contributed by atoms with Crippen LogP contribution >= 0.6 is 0 Å². The zero-order valence-electron chi connectivity index (χ0n) is 14.4.